The van der Waals surface area contributed by atoms with Crippen molar-refractivity contribution in [2.45, 2.75) is 19.8 Å². The fraction of sp³-hybridized carbons (Fsp3) is 0.333. The molecule has 0 N–H and O–H groups in total. The molecule has 0 saturated carbocycles. The van der Waals surface area contributed by atoms with Crippen molar-refractivity contribution in [1.29, 1.82) is 0 Å². The summed E-state index contributed by atoms with van der Waals surface area (Å²) in [5, 5.41) is 0.405. The lowest BCUT2D eigenvalue weighted by Crippen LogP contribution is -2.10. The molecular weight excluding hydrogens is 276 g/mol. The average Bonchev–Trinajstić information content (AvgIpc) is 2.45. The number of halogens is 1. The molecule has 4 nitrogen and oxygen atoms in total. The number of benzene rings is 1. The monoisotopic (exact) mass is 292 g/mol. The van der Waals surface area contributed by atoms with Crippen molar-refractivity contribution < 1.29 is 9.47 Å². The highest BCUT2D eigenvalue weighted by atomic mass is 35.5. The molecule has 0 bridgehead atoms. The number of ether oxygens (including phenoxy) is 2. The van der Waals surface area contributed by atoms with Gasteiger partial charge in [-0.05, 0) is 18.6 Å². The zero-order valence-electron chi connectivity index (χ0n) is 11.4. The number of para-hydroxylation sites is 1. The molecule has 2 aromatic rings. The molecule has 1 aromatic heterocycles. The van der Waals surface area contributed by atoms with Gasteiger partial charge in [-0.25, -0.2) is 4.98 Å². The summed E-state index contributed by atoms with van der Waals surface area (Å²) < 4.78 is 11.1. The van der Waals surface area contributed by atoms with Crippen LogP contribution in [0.25, 0.3) is 0 Å². The highest BCUT2D eigenvalue weighted by Gasteiger charge is 2.04. The van der Waals surface area contributed by atoms with Gasteiger partial charge in [-0.3, -0.25) is 0 Å². The Bertz CT molecular complexity index is 535. The zero-order valence-corrected chi connectivity index (χ0v) is 12.1. The first-order valence-corrected chi connectivity index (χ1v) is 7.00. The number of aromatic nitrogens is 2. The van der Waals surface area contributed by atoms with Gasteiger partial charge in [0.2, 0.25) is 5.88 Å². The average molecular weight is 293 g/mol. The van der Waals surface area contributed by atoms with E-state index in [1.165, 1.54) is 0 Å². The van der Waals surface area contributed by atoms with Crippen LogP contribution in [0.3, 0.4) is 0 Å². The van der Waals surface area contributed by atoms with Crippen molar-refractivity contribution in [3.05, 3.63) is 47.4 Å². The van der Waals surface area contributed by atoms with Crippen molar-refractivity contribution in [2.75, 3.05) is 13.2 Å². The smallest absolute Gasteiger partial charge is 0.218 e. The standard InChI is InChI=1S/C15H17ClN2O2/c1-2-6-14-17-13(16)11-15(18-14)20-10-9-19-12-7-4-3-5-8-12/h3-5,7-8,11H,2,6,9-10H2,1H3. The second-order valence-electron chi connectivity index (χ2n) is 4.21. The minimum Gasteiger partial charge on any atom is -0.490 e. The van der Waals surface area contributed by atoms with Gasteiger partial charge >= 0.3 is 0 Å². The number of hydrogen-bond donors (Lipinski definition) is 0. The Hall–Kier alpha value is -1.81. The van der Waals surface area contributed by atoms with Crippen molar-refractivity contribution in [2.24, 2.45) is 0 Å². The molecule has 0 aliphatic heterocycles. The van der Waals surface area contributed by atoms with E-state index in [0.717, 1.165) is 18.6 Å². The summed E-state index contributed by atoms with van der Waals surface area (Å²) in [7, 11) is 0. The minimum atomic E-state index is 0.405. The summed E-state index contributed by atoms with van der Waals surface area (Å²) >= 11 is 5.93. The maximum atomic E-state index is 5.93. The Labute approximate surface area is 123 Å². The van der Waals surface area contributed by atoms with Crippen LogP contribution < -0.4 is 9.47 Å². The minimum absolute atomic E-state index is 0.405. The molecule has 0 radical (unpaired) electrons. The summed E-state index contributed by atoms with van der Waals surface area (Å²) in [6.45, 7) is 2.93. The molecular formula is C15H17ClN2O2. The molecule has 0 atom stereocenters. The van der Waals surface area contributed by atoms with E-state index in [1.54, 1.807) is 6.07 Å². The summed E-state index contributed by atoms with van der Waals surface area (Å²) in [4.78, 5) is 8.44. The van der Waals surface area contributed by atoms with Crippen molar-refractivity contribution in [1.82, 2.24) is 9.97 Å². The molecule has 0 unspecified atom stereocenters. The topological polar surface area (TPSA) is 44.2 Å². The molecule has 20 heavy (non-hydrogen) atoms. The van der Waals surface area contributed by atoms with Crippen molar-refractivity contribution in [3.8, 4) is 11.6 Å². The van der Waals surface area contributed by atoms with Crippen LogP contribution in [0.5, 0.6) is 11.6 Å². The molecule has 0 spiro atoms. The molecule has 1 heterocycles. The van der Waals surface area contributed by atoms with E-state index in [1.807, 2.05) is 30.3 Å². The summed E-state index contributed by atoms with van der Waals surface area (Å²) in [5.74, 6) is 2.02. The third-order valence-corrected chi connectivity index (χ3v) is 2.73. The first-order chi connectivity index (χ1) is 9.78. The molecule has 1 aromatic carbocycles. The fourth-order valence-electron chi connectivity index (χ4n) is 1.67. The predicted octanol–water partition coefficient (Wildman–Crippen LogP) is 3.54. The van der Waals surface area contributed by atoms with Gasteiger partial charge in [0, 0.05) is 12.5 Å². The van der Waals surface area contributed by atoms with E-state index in [9.17, 15) is 0 Å². The van der Waals surface area contributed by atoms with Crippen LogP contribution in [0.2, 0.25) is 5.15 Å². The quantitative estimate of drug-likeness (QED) is 0.578. The van der Waals surface area contributed by atoms with Crippen molar-refractivity contribution >= 4 is 11.6 Å². The van der Waals surface area contributed by atoms with Gasteiger partial charge in [0.15, 0.2) is 0 Å². The highest BCUT2D eigenvalue weighted by molar-refractivity contribution is 6.29. The number of aryl methyl sites for hydroxylation is 1. The molecule has 0 fully saturated rings. The van der Waals surface area contributed by atoms with Gasteiger partial charge in [-0.1, -0.05) is 36.7 Å². The molecule has 5 heteroatoms. The first kappa shape index (κ1) is 14.6. The maximum absolute atomic E-state index is 5.93. The largest absolute Gasteiger partial charge is 0.490 e. The highest BCUT2D eigenvalue weighted by Crippen LogP contribution is 2.15. The fourth-order valence-corrected chi connectivity index (χ4v) is 1.86. The summed E-state index contributed by atoms with van der Waals surface area (Å²) in [6, 6.07) is 11.2. The second kappa shape index (κ2) is 7.70. The van der Waals surface area contributed by atoms with E-state index in [-0.39, 0.29) is 0 Å². The lowest BCUT2D eigenvalue weighted by molar-refractivity contribution is 0.211. The number of hydrogen-bond acceptors (Lipinski definition) is 4. The molecule has 106 valence electrons. The van der Waals surface area contributed by atoms with Crippen LogP contribution in [-0.2, 0) is 6.42 Å². The Kier molecular flexibility index (Phi) is 5.62. The lowest BCUT2D eigenvalue weighted by Gasteiger charge is -2.08. The van der Waals surface area contributed by atoms with Gasteiger partial charge in [0.25, 0.3) is 0 Å². The van der Waals surface area contributed by atoms with Crippen LogP contribution in [0.4, 0.5) is 0 Å². The van der Waals surface area contributed by atoms with Crippen LogP contribution in [0.15, 0.2) is 36.4 Å². The SMILES string of the molecule is CCCc1nc(Cl)cc(OCCOc2ccccc2)n1. The van der Waals surface area contributed by atoms with Crippen LogP contribution in [0.1, 0.15) is 19.2 Å². The van der Waals surface area contributed by atoms with E-state index in [4.69, 9.17) is 21.1 Å². The summed E-state index contributed by atoms with van der Waals surface area (Å²) in [5.41, 5.74) is 0. The van der Waals surface area contributed by atoms with Gasteiger partial charge in [-0.15, -0.1) is 0 Å². The second-order valence-corrected chi connectivity index (χ2v) is 4.59. The Morgan fingerprint density at radius 3 is 2.55 bits per heavy atom. The van der Waals surface area contributed by atoms with Crippen molar-refractivity contribution in [3.63, 3.8) is 0 Å². The zero-order chi connectivity index (χ0) is 14.2. The van der Waals surface area contributed by atoms with E-state index >= 15 is 0 Å². The van der Waals surface area contributed by atoms with Crippen LogP contribution >= 0.6 is 11.6 Å². The Morgan fingerprint density at radius 2 is 1.80 bits per heavy atom. The molecule has 0 saturated heterocycles. The molecule has 0 aliphatic carbocycles. The number of nitrogens with zero attached hydrogens (tertiary/aromatic N) is 2. The van der Waals surface area contributed by atoms with Gasteiger partial charge in [-0.2, -0.15) is 4.98 Å². The first-order valence-electron chi connectivity index (χ1n) is 6.62. The molecule has 0 amide bonds. The Balaban J connectivity index is 1.81. The molecule has 2 rings (SSSR count). The van der Waals surface area contributed by atoms with Gasteiger partial charge < -0.3 is 9.47 Å². The van der Waals surface area contributed by atoms with E-state index < -0.39 is 0 Å². The molecule has 0 aliphatic rings. The van der Waals surface area contributed by atoms with Crippen LogP contribution in [-0.4, -0.2) is 23.2 Å². The van der Waals surface area contributed by atoms with E-state index in [0.29, 0.717) is 30.1 Å². The van der Waals surface area contributed by atoms with Crippen LogP contribution in [0, 0.1) is 0 Å². The van der Waals surface area contributed by atoms with Gasteiger partial charge in [0.1, 0.15) is 29.9 Å². The van der Waals surface area contributed by atoms with Gasteiger partial charge in [0.05, 0.1) is 0 Å². The summed E-state index contributed by atoms with van der Waals surface area (Å²) in [6.07, 6.45) is 1.76. The lowest BCUT2D eigenvalue weighted by atomic mass is 10.3. The normalized spacial score (nSPS) is 10.3. The third kappa shape index (κ3) is 4.70. The maximum Gasteiger partial charge on any atom is 0.218 e. The van der Waals surface area contributed by atoms with E-state index in [2.05, 4.69) is 16.9 Å². The third-order valence-electron chi connectivity index (χ3n) is 2.54. The predicted molar refractivity (Wildman–Crippen MR) is 78.5 cm³/mol. The number of rotatable bonds is 7. The Morgan fingerprint density at radius 1 is 1.05 bits per heavy atom.